The highest BCUT2D eigenvalue weighted by Crippen LogP contribution is 2.34. The number of rotatable bonds is 7. The minimum absolute atomic E-state index is 0.0877. The van der Waals surface area contributed by atoms with Crippen LogP contribution in [-0.2, 0) is 21.2 Å². The van der Waals surface area contributed by atoms with Crippen molar-refractivity contribution in [3.05, 3.63) is 82.0 Å². The second-order valence-electron chi connectivity index (χ2n) is 8.25. The summed E-state index contributed by atoms with van der Waals surface area (Å²) in [6, 6.07) is 13.2. The Morgan fingerprint density at radius 2 is 1.68 bits per heavy atom. The van der Waals surface area contributed by atoms with Gasteiger partial charge >= 0.3 is 0 Å². The first-order valence-corrected chi connectivity index (χ1v) is 11.6. The molecule has 0 aliphatic carbocycles. The van der Waals surface area contributed by atoms with Crippen molar-refractivity contribution in [1.29, 1.82) is 0 Å². The van der Waals surface area contributed by atoms with Gasteiger partial charge in [-0.25, -0.2) is 8.42 Å². The van der Waals surface area contributed by atoms with E-state index in [1.807, 2.05) is 44.2 Å². The first-order valence-electron chi connectivity index (χ1n) is 10.1. The second kappa shape index (κ2) is 9.01. The normalized spacial score (nSPS) is 19.4. The number of hydrogen-bond acceptors (Lipinski definition) is 5. The van der Waals surface area contributed by atoms with Gasteiger partial charge in [0.15, 0.2) is 5.78 Å². The number of benzene rings is 2. The molecular formula is C23H26N2O5S. The maximum absolute atomic E-state index is 13.5. The Bertz CT molecular complexity index is 1090. The molecule has 3 rings (SSSR count). The molecule has 1 heterocycles. The van der Waals surface area contributed by atoms with Crippen LogP contribution in [0.3, 0.4) is 0 Å². The van der Waals surface area contributed by atoms with Crippen molar-refractivity contribution in [2.75, 3.05) is 0 Å². The number of nitrogens with zero attached hydrogens (tertiary/aromatic N) is 2. The first-order chi connectivity index (χ1) is 14.6. The molecule has 7 nitrogen and oxygen atoms in total. The predicted molar refractivity (Wildman–Crippen MR) is 118 cm³/mol. The molecule has 2 aromatic carbocycles. The van der Waals surface area contributed by atoms with Crippen LogP contribution in [-0.4, -0.2) is 29.5 Å². The third kappa shape index (κ3) is 4.85. The zero-order valence-corrected chi connectivity index (χ0v) is 18.6. The van der Waals surface area contributed by atoms with Crippen LogP contribution in [0.25, 0.3) is 0 Å². The van der Waals surface area contributed by atoms with E-state index in [4.69, 9.17) is 0 Å². The standard InChI is InChI=1S/C23H26N2O5S/c1-16(2)13-21-17(3)15-24(22(23(21)26)14-18-7-5-4-6-8-18)31(29,30)20-11-9-19(10-12-20)25(27)28/h4-12,15-16,21-22H,13-14H2,1-3H3/t21?,22-/m0/s1. The van der Waals surface area contributed by atoms with Gasteiger partial charge in [0.25, 0.3) is 15.7 Å². The summed E-state index contributed by atoms with van der Waals surface area (Å²) >= 11 is 0. The van der Waals surface area contributed by atoms with Crippen molar-refractivity contribution in [2.45, 2.75) is 44.6 Å². The molecule has 0 saturated carbocycles. The minimum atomic E-state index is -4.08. The van der Waals surface area contributed by atoms with Crippen LogP contribution in [0.4, 0.5) is 5.69 Å². The van der Waals surface area contributed by atoms with E-state index in [1.54, 1.807) is 13.1 Å². The number of hydrogen-bond donors (Lipinski definition) is 0. The smallest absolute Gasteiger partial charge is 0.269 e. The van der Waals surface area contributed by atoms with Gasteiger partial charge in [-0.15, -0.1) is 0 Å². The van der Waals surface area contributed by atoms with E-state index in [-0.39, 0.29) is 34.6 Å². The van der Waals surface area contributed by atoms with Gasteiger partial charge in [0.1, 0.15) is 6.04 Å². The third-order valence-corrected chi connectivity index (χ3v) is 7.24. The number of non-ortho nitro benzene ring substituents is 1. The molecule has 2 aromatic rings. The summed E-state index contributed by atoms with van der Waals surface area (Å²) < 4.78 is 28.0. The van der Waals surface area contributed by atoms with Crippen LogP contribution in [0.5, 0.6) is 0 Å². The Morgan fingerprint density at radius 1 is 1.06 bits per heavy atom. The Labute approximate surface area is 182 Å². The van der Waals surface area contributed by atoms with Gasteiger partial charge in [0.2, 0.25) is 0 Å². The molecule has 0 radical (unpaired) electrons. The Morgan fingerprint density at radius 3 is 2.23 bits per heavy atom. The molecule has 0 fully saturated rings. The van der Waals surface area contributed by atoms with Crippen molar-refractivity contribution in [2.24, 2.45) is 11.8 Å². The lowest BCUT2D eigenvalue weighted by Crippen LogP contribution is -2.49. The summed E-state index contributed by atoms with van der Waals surface area (Å²) in [5.74, 6) is -0.174. The van der Waals surface area contributed by atoms with Gasteiger partial charge in [-0.3, -0.25) is 19.2 Å². The molecule has 31 heavy (non-hydrogen) atoms. The number of sulfonamides is 1. The number of carbonyl (C=O) groups is 1. The van der Waals surface area contributed by atoms with Gasteiger partial charge in [0.05, 0.1) is 9.82 Å². The van der Waals surface area contributed by atoms with E-state index in [0.717, 1.165) is 22.0 Å². The second-order valence-corrected chi connectivity index (χ2v) is 10.1. The maximum atomic E-state index is 13.5. The lowest BCUT2D eigenvalue weighted by atomic mass is 9.81. The number of carbonyl (C=O) groups excluding carboxylic acids is 1. The molecule has 0 amide bonds. The number of ketones is 1. The van der Waals surface area contributed by atoms with Gasteiger partial charge in [-0.1, -0.05) is 44.2 Å². The van der Waals surface area contributed by atoms with Crippen molar-refractivity contribution >= 4 is 21.5 Å². The van der Waals surface area contributed by atoms with E-state index >= 15 is 0 Å². The fourth-order valence-corrected chi connectivity index (χ4v) is 5.40. The molecular weight excluding hydrogens is 416 g/mol. The Kier molecular flexibility index (Phi) is 6.59. The average molecular weight is 443 g/mol. The first kappa shape index (κ1) is 22.7. The highest BCUT2D eigenvalue weighted by atomic mass is 32.2. The van der Waals surface area contributed by atoms with Crippen LogP contribution in [0.15, 0.2) is 71.3 Å². The summed E-state index contributed by atoms with van der Waals surface area (Å²) in [5, 5.41) is 10.9. The summed E-state index contributed by atoms with van der Waals surface area (Å²) in [4.78, 5) is 23.7. The molecule has 2 atom stereocenters. The molecule has 8 heteroatoms. The van der Waals surface area contributed by atoms with Crippen LogP contribution >= 0.6 is 0 Å². The average Bonchev–Trinajstić information content (AvgIpc) is 2.73. The monoisotopic (exact) mass is 442 g/mol. The lowest BCUT2D eigenvalue weighted by molar-refractivity contribution is -0.384. The van der Waals surface area contributed by atoms with Crippen LogP contribution in [0.1, 0.15) is 32.8 Å². The lowest BCUT2D eigenvalue weighted by Gasteiger charge is -2.37. The zero-order valence-electron chi connectivity index (χ0n) is 17.8. The van der Waals surface area contributed by atoms with Crippen molar-refractivity contribution in [1.82, 2.24) is 4.31 Å². The third-order valence-electron chi connectivity index (χ3n) is 5.46. The molecule has 0 bridgehead atoms. The van der Waals surface area contributed by atoms with Crippen LogP contribution < -0.4 is 0 Å². The van der Waals surface area contributed by atoms with Crippen molar-refractivity contribution in [3.63, 3.8) is 0 Å². The van der Waals surface area contributed by atoms with Crippen LogP contribution in [0.2, 0.25) is 0 Å². The highest BCUT2D eigenvalue weighted by Gasteiger charge is 2.41. The molecule has 0 spiro atoms. The zero-order chi connectivity index (χ0) is 22.8. The van der Waals surface area contributed by atoms with E-state index in [9.17, 15) is 23.3 Å². The van der Waals surface area contributed by atoms with E-state index in [1.165, 1.54) is 12.1 Å². The van der Waals surface area contributed by atoms with Crippen molar-refractivity contribution in [3.8, 4) is 0 Å². The molecule has 1 aliphatic heterocycles. The topological polar surface area (TPSA) is 97.6 Å². The van der Waals surface area contributed by atoms with Gasteiger partial charge in [0, 0.05) is 30.7 Å². The van der Waals surface area contributed by atoms with E-state index in [0.29, 0.717) is 12.0 Å². The number of allylic oxidation sites excluding steroid dienone is 1. The summed E-state index contributed by atoms with van der Waals surface area (Å²) in [6.45, 7) is 5.85. The molecule has 0 aromatic heterocycles. The van der Waals surface area contributed by atoms with E-state index in [2.05, 4.69) is 0 Å². The molecule has 0 saturated heterocycles. The number of nitro benzene ring substituents is 1. The Hall–Kier alpha value is -3.00. The predicted octanol–water partition coefficient (Wildman–Crippen LogP) is 4.35. The van der Waals surface area contributed by atoms with Gasteiger partial charge in [-0.05, 0) is 42.5 Å². The van der Waals surface area contributed by atoms with E-state index < -0.39 is 21.0 Å². The highest BCUT2D eigenvalue weighted by molar-refractivity contribution is 7.89. The largest absolute Gasteiger partial charge is 0.297 e. The fraction of sp³-hybridized carbons (Fsp3) is 0.348. The van der Waals surface area contributed by atoms with Crippen LogP contribution in [0, 0.1) is 22.0 Å². The quantitative estimate of drug-likeness (QED) is 0.469. The molecule has 164 valence electrons. The maximum Gasteiger partial charge on any atom is 0.269 e. The molecule has 1 unspecified atom stereocenters. The molecule has 1 aliphatic rings. The Balaban J connectivity index is 2.05. The number of Topliss-reactive ketones (excluding diaryl/α,β-unsaturated/α-hetero) is 1. The van der Waals surface area contributed by atoms with Gasteiger partial charge < -0.3 is 0 Å². The van der Waals surface area contributed by atoms with Gasteiger partial charge in [-0.2, -0.15) is 0 Å². The SMILES string of the molecule is CC1=CN(S(=O)(=O)c2ccc([N+](=O)[O-])cc2)[C@@H](Cc2ccccc2)C(=O)C1CC(C)C. The summed E-state index contributed by atoms with van der Waals surface area (Å²) in [5.41, 5.74) is 1.37. The van der Waals surface area contributed by atoms with Crippen molar-refractivity contribution < 1.29 is 18.1 Å². The fourth-order valence-electron chi connectivity index (χ4n) is 3.86. The minimum Gasteiger partial charge on any atom is -0.297 e. The summed E-state index contributed by atoms with van der Waals surface area (Å²) in [7, 11) is -4.08. The molecule has 0 N–H and O–H groups in total. The summed E-state index contributed by atoms with van der Waals surface area (Å²) in [6.07, 6.45) is 2.46. The number of nitro groups is 1.